The van der Waals surface area contributed by atoms with Gasteiger partial charge in [-0.1, -0.05) is 36.4 Å². The van der Waals surface area contributed by atoms with Gasteiger partial charge in [-0.3, -0.25) is 0 Å². The minimum absolute atomic E-state index is 0.157. The number of benzene rings is 2. The molecule has 5 nitrogen and oxygen atoms in total. The lowest BCUT2D eigenvalue weighted by Gasteiger charge is -2.47. The molecule has 1 heterocycles. The molecule has 32 heavy (non-hydrogen) atoms. The third-order valence-electron chi connectivity index (χ3n) is 7.61. The number of likely N-dealkylation sites (tertiary alicyclic amines) is 1. The van der Waals surface area contributed by atoms with Crippen LogP contribution in [0, 0.1) is 0 Å². The van der Waals surface area contributed by atoms with Crippen molar-refractivity contribution in [3.63, 3.8) is 0 Å². The van der Waals surface area contributed by atoms with Crippen LogP contribution in [0.1, 0.15) is 36.8 Å². The van der Waals surface area contributed by atoms with Crippen molar-refractivity contribution in [1.82, 2.24) is 15.1 Å². The molecule has 2 fully saturated rings. The Morgan fingerprint density at radius 2 is 1.88 bits per heavy atom. The first-order valence-electron chi connectivity index (χ1n) is 11.5. The number of fused-ring (bicyclic) bond motifs is 1. The van der Waals surface area contributed by atoms with E-state index in [0.717, 1.165) is 49.0 Å². The lowest BCUT2D eigenvalue weighted by Crippen LogP contribution is -2.53. The highest BCUT2D eigenvalue weighted by molar-refractivity contribution is 7.80. The number of methoxy groups -OCH3 is 2. The summed E-state index contributed by atoms with van der Waals surface area (Å²) in [6, 6.07) is 17.8. The van der Waals surface area contributed by atoms with Crippen molar-refractivity contribution < 1.29 is 9.47 Å². The molecule has 0 aromatic heterocycles. The van der Waals surface area contributed by atoms with Crippen LogP contribution in [0.3, 0.4) is 0 Å². The molecule has 0 bridgehead atoms. The maximum atomic E-state index is 5.76. The Kier molecular flexibility index (Phi) is 6.91. The van der Waals surface area contributed by atoms with Gasteiger partial charge >= 0.3 is 0 Å². The molecule has 2 aromatic rings. The standard InChI is InChI=1S/C26H35N3O2S/c1-28-15-14-26(20-10-11-22(30-3)23(16-20)31-4)13-12-21(17-24(26)28)29(2)25(32)27-18-19-8-6-5-7-9-19/h5-11,16,21,24H,12-15,17-18H2,1-4H3,(H,27,32)/t21-,24-,26+/m1/s1. The number of rotatable bonds is 6. The summed E-state index contributed by atoms with van der Waals surface area (Å²) in [5, 5.41) is 4.28. The van der Waals surface area contributed by atoms with Gasteiger partial charge in [0.15, 0.2) is 16.6 Å². The first-order chi connectivity index (χ1) is 15.5. The number of hydrogen-bond donors (Lipinski definition) is 1. The SMILES string of the molecule is COc1ccc([C@@]23CC[C@@H](N(C)C(=S)NCc4ccccc4)C[C@H]2N(C)CC3)cc1OC. The molecule has 4 rings (SSSR count). The van der Waals surface area contributed by atoms with Crippen LogP contribution >= 0.6 is 12.2 Å². The Morgan fingerprint density at radius 1 is 1.12 bits per heavy atom. The number of nitrogens with one attached hydrogen (secondary N) is 1. The second-order valence-electron chi connectivity index (χ2n) is 9.16. The lowest BCUT2D eigenvalue weighted by molar-refractivity contribution is 0.126. The fraction of sp³-hybridized carbons (Fsp3) is 0.500. The zero-order chi connectivity index (χ0) is 22.7. The normalized spacial score (nSPS) is 25.1. The van der Waals surface area contributed by atoms with Crippen molar-refractivity contribution in [2.75, 3.05) is 34.9 Å². The Hall–Kier alpha value is -2.31. The highest BCUT2D eigenvalue weighted by atomic mass is 32.1. The van der Waals surface area contributed by atoms with E-state index in [9.17, 15) is 0 Å². The van der Waals surface area contributed by atoms with E-state index in [1.165, 1.54) is 17.5 Å². The summed E-state index contributed by atoms with van der Waals surface area (Å²) in [5.41, 5.74) is 2.77. The Morgan fingerprint density at radius 3 is 2.59 bits per heavy atom. The average Bonchev–Trinajstić information content (AvgIpc) is 3.19. The maximum Gasteiger partial charge on any atom is 0.169 e. The molecule has 6 heteroatoms. The van der Waals surface area contributed by atoms with E-state index in [1.807, 2.05) is 6.07 Å². The summed E-state index contributed by atoms with van der Waals surface area (Å²) in [6.07, 6.45) is 4.56. The molecule has 3 atom stereocenters. The third kappa shape index (κ3) is 4.30. The minimum atomic E-state index is 0.157. The topological polar surface area (TPSA) is 37.0 Å². The van der Waals surface area contributed by atoms with Crippen LogP contribution < -0.4 is 14.8 Å². The predicted octanol–water partition coefficient (Wildman–Crippen LogP) is 4.20. The number of likely N-dealkylation sites (N-methyl/N-ethyl adjacent to an activating group) is 1. The van der Waals surface area contributed by atoms with Crippen molar-refractivity contribution in [1.29, 1.82) is 0 Å². The molecule has 2 aliphatic rings. The van der Waals surface area contributed by atoms with Gasteiger partial charge in [0.2, 0.25) is 0 Å². The van der Waals surface area contributed by atoms with Crippen LogP contribution in [0.15, 0.2) is 48.5 Å². The first kappa shape index (κ1) is 22.9. The highest BCUT2D eigenvalue weighted by Gasteiger charge is 2.51. The van der Waals surface area contributed by atoms with Gasteiger partial charge in [0, 0.05) is 31.1 Å². The lowest BCUT2D eigenvalue weighted by atomic mass is 9.65. The summed E-state index contributed by atoms with van der Waals surface area (Å²) >= 11 is 5.76. The van der Waals surface area contributed by atoms with Crippen LogP contribution in [0.2, 0.25) is 0 Å². The Bertz CT molecular complexity index is 938. The van der Waals surface area contributed by atoms with E-state index < -0.39 is 0 Å². The van der Waals surface area contributed by atoms with Crippen molar-refractivity contribution in [2.45, 2.75) is 49.7 Å². The van der Waals surface area contributed by atoms with Gasteiger partial charge in [0.1, 0.15) is 0 Å². The van der Waals surface area contributed by atoms with Crippen molar-refractivity contribution >= 4 is 17.3 Å². The molecule has 0 radical (unpaired) electrons. The molecule has 2 aromatic carbocycles. The summed E-state index contributed by atoms with van der Waals surface area (Å²) in [5.74, 6) is 1.61. The van der Waals surface area contributed by atoms with Gasteiger partial charge in [-0.15, -0.1) is 0 Å². The van der Waals surface area contributed by atoms with E-state index in [-0.39, 0.29) is 5.41 Å². The number of ether oxygens (including phenoxy) is 2. The summed E-state index contributed by atoms with van der Waals surface area (Å²) in [4.78, 5) is 4.82. The summed E-state index contributed by atoms with van der Waals surface area (Å²) < 4.78 is 11.1. The zero-order valence-corrected chi connectivity index (χ0v) is 20.5. The molecule has 1 aliphatic carbocycles. The third-order valence-corrected chi connectivity index (χ3v) is 8.04. The second-order valence-corrected chi connectivity index (χ2v) is 9.54. The van der Waals surface area contributed by atoms with Gasteiger partial charge in [-0.2, -0.15) is 0 Å². The predicted molar refractivity (Wildman–Crippen MR) is 134 cm³/mol. The summed E-state index contributed by atoms with van der Waals surface area (Å²) in [6.45, 7) is 1.88. The van der Waals surface area contributed by atoms with E-state index in [2.05, 4.69) is 71.7 Å². The van der Waals surface area contributed by atoms with E-state index in [4.69, 9.17) is 21.7 Å². The fourth-order valence-corrected chi connectivity index (χ4v) is 5.88. The van der Waals surface area contributed by atoms with Crippen LogP contribution in [-0.4, -0.2) is 61.9 Å². The zero-order valence-electron chi connectivity index (χ0n) is 19.6. The number of hydrogen-bond acceptors (Lipinski definition) is 4. The van der Waals surface area contributed by atoms with Crippen LogP contribution in [-0.2, 0) is 12.0 Å². The molecule has 0 unspecified atom stereocenters. The highest BCUT2D eigenvalue weighted by Crippen LogP contribution is 2.50. The van der Waals surface area contributed by atoms with Crippen molar-refractivity contribution in [2.24, 2.45) is 0 Å². The first-order valence-corrected chi connectivity index (χ1v) is 11.9. The van der Waals surface area contributed by atoms with Gasteiger partial charge in [-0.25, -0.2) is 0 Å². The van der Waals surface area contributed by atoms with Gasteiger partial charge in [0.05, 0.1) is 14.2 Å². The van der Waals surface area contributed by atoms with E-state index in [0.29, 0.717) is 12.1 Å². The maximum absolute atomic E-state index is 5.76. The van der Waals surface area contributed by atoms with Crippen molar-refractivity contribution in [3.8, 4) is 11.5 Å². The fourth-order valence-electron chi connectivity index (χ4n) is 5.66. The molecule has 1 saturated carbocycles. The number of thiocarbonyl (C=S) groups is 1. The van der Waals surface area contributed by atoms with Gasteiger partial charge < -0.3 is 24.6 Å². The Labute approximate surface area is 197 Å². The van der Waals surface area contributed by atoms with Crippen LogP contribution in [0.4, 0.5) is 0 Å². The molecule has 1 saturated heterocycles. The molecule has 1 N–H and O–H groups in total. The average molecular weight is 454 g/mol. The van der Waals surface area contributed by atoms with Crippen LogP contribution in [0.5, 0.6) is 11.5 Å². The molecule has 0 spiro atoms. The molecule has 1 aliphatic heterocycles. The molecule has 172 valence electrons. The van der Waals surface area contributed by atoms with Crippen molar-refractivity contribution in [3.05, 3.63) is 59.7 Å². The summed E-state index contributed by atoms with van der Waals surface area (Å²) in [7, 11) is 7.81. The van der Waals surface area contributed by atoms with Crippen LogP contribution in [0.25, 0.3) is 0 Å². The second kappa shape index (κ2) is 9.67. The van der Waals surface area contributed by atoms with E-state index in [1.54, 1.807) is 14.2 Å². The monoisotopic (exact) mass is 453 g/mol. The largest absolute Gasteiger partial charge is 0.493 e. The molecular weight excluding hydrogens is 418 g/mol. The molecular formula is C26H35N3O2S. The van der Waals surface area contributed by atoms with Gasteiger partial charge in [-0.05, 0) is 74.8 Å². The number of nitrogens with zero attached hydrogens (tertiary/aromatic N) is 2. The quantitative estimate of drug-likeness (QED) is 0.661. The minimum Gasteiger partial charge on any atom is -0.493 e. The van der Waals surface area contributed by atoms with E-state index >= 15 is 0 Å². The van der Waals surface area contributed by atoms with Gasteiger partial charge in [0.25, 0.3) is 0 Å². The Balaban J connectivity index is 1.48. The smallest absolute Gasteiger partial charge is 0.169 e. The molecule has 0 amide bonds.